The molecule has 0 aromatic rings. The third-order valence-corrected chi connectivity index (χ3v) is 9.79. The van der Waals surface area contributed by atoms with Gasteiger partial charge in [-0.2, -0.15) is 0 Å². The molecule has 2 N–H and O–H groups in total. The van der Waals surface area contributed by atoms with Crippen molar-refractivity contribution in [3.63, 3.8) is 0 Å². The molecule has 0 aromatic carbocycles. The van der Waals surface area contributed by atoms with E-state index in [4.69, 9.17) is 18.1 Å². The van der Waals surface area contributed by atoms with E-state index in [-0.39, 0.29) is 12.2 Å². The highest BCUT2D eigenvalue weighted by Crippen LogP contribution is 2.47. The van der Waals surface area contributed by atoms with Crippen LogP contribution in [0, 0.1) is 11.8 Å². The third-order valence-electron chi connectivity index (χ3n) is 7.59. The lowest BCUT2D eigenvalue weighted by Gasteiger charge is -2.20. The molecule has 0 rings (SSSR count). The van der Waals surface area contributed by atoms with Gasteiger partial charge >= 0.3 is 15.6 Å². The molecule has 0 saturated carbocycles. The molecule has 0 saturated heterocycles. The van der Waals surface area contributed by atoms with E-state index in [1.165, 1.54) is 25.7 Å². The lowest BCUT2D eigenvalue weighted by atomic mass is 10.0. The number of phosphoric ester groups is 2. The van der Waals surface area contributed by atoms with E-state index in [9.17, 15) is 18.9 Å². The Hall–Kier alpha value is 0.220. The summed E-state index contributed by atoms with van der Waals surface area (Å²) in [6, 6.07) is 0. The second-order valence-corrected chi connectivity index (χ2v) is 14.7. The first kappa shape index (κ1) is 44.3. The van der Waals surface area contributed by atoms with E-state index >= 15 is 0 Å². The molecule has 0 aromatic heterocycles. The van der Waals surface area contributed by atoms with Crippen molar-refractivity contribution in [2.24, 2.45) is 11.8 Å². The summed E-state index contributed by atoms with van der Waals surface area (Å²) in [6.45, 7) is 17.1. The summed E-state index contributed by atoms with van der Waals surface area (Å²) in [4.78, 5) is 19.5. The predicted molar refractivity (Wildman–Crippen MR) is 177 cm³/mol. The minimum absolute atomic E-state index is 0.231. The maximum Gasteiger partial charge on any atom is 0.472 e. The highest BCUT2D eigenvalue weighted by Gasteiger charge is 2.27. The monoisotopic (exact) mass is 644 g/mol. The Morgan fingerprint density at radius 2 is 0.857 bits per heavy atom. The number of hydrogen-bond acceptors (Lipinski definition) is 6. The molecule has 42 heavy (non-hydrogen) atoms. The standard InChI is InChI=1S/2C16H35O4P/c1-5-7-9-11-13-15(3)19-21(17,18)20-16(4)14-12-10-8-6-2;1-5-9-11-15(7-3)13-19-21(17,18)20-14-16(8-4)12-10-6-2/h2*15-16H,5-14H2,1-4H3,(H,17,18). The van der Waals surface area contributed by atoms with Gasteiger partial charge in [-0.05, 0) is 51.4 Å². The minimum Gasteiger partial charge on any atom is -0.302 e. The summed E-state index contributed by atoms with van der Waals surface area (Å²) in [5, 5.41) is 0. The Morgan fingerprint density at radius 3 is 1.17 bits per heavy atom. The number of unbranched alkanes of at least 4 members (excludes halogenated alkanes) is 8. The number of rotatable bonds is 28. The zero-order valence-electron chi connectivity index (χ0n) is 28.7. The van der Waals surface area contributed by atoms with Gasteiger partial charge in [-0.1, -0.05) is 131 Å². The smallest absolute Gasteiger partial charge is 0.302 e. The fourth-order valence-electron chi connectivity index (χ4n) is 4.53. The Labute approximate surface area is 260 Å². The van der Waals surface area contributed by atoms with Crippen LogP contribution in [0.3, 0.4) is 0 Å². The van der Waals surface area contributed by atoms with Gasteiger partial charge in [0.05, 0.1) is 25.4 Å². The Balaban J connectivity index is 0. The number of phosphoric acid groups is 2. The lowest BCUT2D eigenvalue weighted by molar-refractivity contribution is 0.0781. The molecule has 0 spiro atoms. The van der Waals surface area contributed by atoms with E-state index in [0.717, 1.165) is 89.9 Å². The average molecular weight is 645 g/mol. The molecule has 0 bridgehead atoms. The number of hydrogen-bond donors (Lipinski definition) is 2. The molecule has 0 aliphatic carbocycles. The summed E-state index contributed by atoms with van der Waals surface area (Å²) in [7, 11) is -7.81. The molecule has 0 fully saturated rings. The zero-order valence-corrected chi connectivity index (χ0v) is 30.5. The molecular formula is C32H70O8P2. The second-order valence-electron chi connectivity index (χ2n) is 11.9. The highest BCUT2D eigenvalue weighted by molar-refractivity contribution is 7.47. The van der Waals surface area contributed by atoms with Crippen LogP contribution >= 0.6 is 15.6 Å². The van der Waals surface area contributed by atoms with Gasteiger partial charge in [-0.15, -0.1) is 0 Å². The summed E-state index contributed by atoms with van der Waals surface area (Å²) in [6.07, 6.45) is 18.8. The maximum atomic E-state index is 11.9. The summed E-state index contributed by atoms with van der Waals surface area (Å²) >= 11 is 0. The van der Waals surface area contributed by atoms with Gasteiger partial charge in [0.1, 0.15) is 0 Å². The molecule has 256 valence electrons. The van der Waals surface area contributed by atoms with Gasteiger partial charge in [0.25, 0.3) is 0 Å². The molecule has 10 heteroatoms. The first-order valence-corrected chi connectivity index (χ1v) is 20.2. The van der Waals surface area contributed by atoms with Crippen molar-refractivity contribution in [3.05, 3.63) is 0 Å². The summed E-state index contributed by atoms with van der Waals surface area (Å²) in [5.41, 5.74) is 0. The molecular weight excluding hydrogens is 574 g/mol. The summed E-state index contributed by atoms with van der Waals surface area (Å²) in [5.74, 6) is 0.687. The van der Waals surface area contributed by atoms with Crippen LogP contribution in [0.15, 0.2) is 0 Å². The highest BCUT2D eigenvalue weighted by atomic mass is 31.2. The molecule has 0 heterocycles. The van der Waals surface area contributed by atoms with Crippen LogP contribution in [0.2, 0.25) is 0 Å². The van der Waals surface area contributed by atoms with E-state index in [0.29, 0.717) is 25.0 Å². The molecule has 0 radical (unpaired) electrons. The van der Waals surface area contributed by atoms with Crippen LogP contribution in [0.5, 0.6) is 0 Å². The lowest BCUT2D eigenvalue weighted by Crippen LogP contribution is -2.12. The Morgan fingerprint density at radius 1 is 0.500 bits per heavy atom. The first-order chi connectivity index (χ1) is 19.9. The SMILES string of the molecule is CCCCC(CC)COP(=O)(O)OCC(CC)CCCC.CCCCCCC(C)OP(=O)(O)OC(C)CCCCCC. The molecule has 0 aliphatic heterocycles. The quantitative estimate of drug-likeness (QED) is 0.0639. The fraction of sp³-hybridized carbons (Fsp3) is 1.00. The average Bonchev–Trinajstić information content (AvgIpc) is 2.93. The van der Waals surface area contributed by atoms with E-state index in [1.807, 2.05) is 13.8 Å². The topological polar surface area (TPSA) is 112 Å². The molecule has 0 amide bonds. The van der Waals surface area contributed by atoms with Crippen LogP contribution in [0.1, 0.15) is 171 Å². The molecule has 4 atom stereocenters. The van der Waals surface area contributed by atoms with Crippen molar-refractivity contribution in [2.45, 2.75) is 183 Å². The van der Waals surface area contributed by atoms with Crippen molar-refractivity contribution < 1.29 is 37.0 Å². The van der Waals surface area contributed by atoms with Gasteiger partial charge in [-0.3, -0.25) is 18.1 Å². The van der Waals surface area contributed by atoms with Crippen molar-refractivity contribution >= 4 is 15.6 Å². The van der Waals surface area contributed by atoms with Crippen LogP contribution in [-0.4, -0.2) is 35.2 Å². The van der Waals surface area contributed by atoms with Gasteiger partial charge in [0.2, 0.25) is 0 Å². The second kappa shape index (κ2) is 28.7. The molecule has 0 aliphatic rings. The Bertz CT molecular complexity index is 631. The molecule has 4 unspecified atom stereocenters. The van der Waals surface area contributed by atoms with Gasteiger partial charge < -0.3 is 9.79 Å². The van der Waals surface area contributed by atoms with Crippen LogP contribution in [-0.2, 0) is 27.2 Å². The predicted octanol–water partition coefficient (Wildman–Crippen LogP) is 11.4. The van der Waals surface area contributed by atoms with Gasteiger partial charge in [0, 0.05) is 0 Å². The van der Waals surface area contributed by atoms with Gasteiger partial charge in [0.15, 0.2) is 0 Å². The summed E-state index contributed by atoms with van der Waals surface area (Å²) < 4.78 is 44.6. The molecule has 8 nitrogen and oxygen atoms in total. The van der Waals surface area contributed by atoms with E-state index in [1.54, 1.807) is 0 Å². The minimum atomic E-state index is -3.92. The largest absolute Gasteiger partial charge is 0.472 e. The van der Waals surface area contributed by atoms with Crippen molar-refractivity contribution in [1.29, 1.82) is 0 Å². The van der Waals surface area contributed by atoms with Gasteiger partial charge in [-0.25, -0.2) is 9.13 Å². The third kappa shape index (κ3) is 29.0. The van der Waals surface area contributed by atoms with Crippen LogP contribution < -0.4 is 0 Å². The van der Waals surface area contributed by atoms with Crippen LogP contribution in [0.25, 0.3) is 0 Å². The van der Waals surface area contributed by atoms with E-state index < -0.39 is 15.6 Å². The van der Waals surface area contributed by atoms with Crippen molar-refractivity contribution in [3.8, 4) is 0 Å². The maximum absolute atomic E-state index is 11.9. The fourth-order valence-corrected chi connectivity index (χ4v) is 6.58. The first-order valence-electron chi connectivity index (χ1n) is 17.2. The van der Waals surface area contributed by atoms with Crippen molar-refractivity contribution in [1.82, 2.24) is 0 Å². The Kier molecular flexibility index (Phi) is 30.3. The zero-order chi connectivity index (χ0) is 32.3. The van der Waals surface area contributed by atoms with E-state index in [2.05, 4.69) is 41.5 Å². The van der Waals surface area contributed by atoms with Crippen LogP contribution in [0.4, 0.5) is 0 Å². The normalized spacial score (nSPS) is 17.4. The van der Waals surface area contributed by atoms with Crippen molar-refractivity contribution in [2.75, 3.05) is 13.2 Å².